The van der Waals surface area contributed by atoms with Gasteiger partial charge in [0.2, 0.25) is 10.0 Å². The lowest BCUT2D eigenvalue weighted by atomic mass is 9.98. The van der Waals surface area contributed by atoms with E-state index in [0.29, 0.717) is 18.5 Å². The van der Waals surface area contributed by atoms with E-state index in [9.17, 15) is 17.9 Å². The van der Waals surface area contributed by atoms with Crippen LogP contribution in [0.3, 0.4) is 0 Å². The summed E-state index contributed by atoms with van der Waals surface area (Å²) in [6.07, 6.45) is -0.120. The highest BCUT2D eigenvalue weighted by atomic mass is 32.2. The molecule has 1 aromatic carbocycles. The molecule has 6 heteroatoms. The summed E-state index contributed by atoms with van der Waals surface area (Å²) in [4.78, 5) is -0.320. The Morgan fingerprint density at radius 2 is 2.11 bits per heavy atom. The molecule has 1 aliphatic rings. The molecular formula is C13H18FNO3S. The summed E-state index contributed by atoms with van der Waals surface area (Å²) >= 11 is 0. The zero-order chi connectivity index (χ0) is 14.2. The number of piperidine rings is 1. The largest absolute Gasteiger partial charge is 0.391 e. The summed E-state index contributed by atoms with van der Waals surface area (Å²) in [7, 11) is -3.87. The zero-order valence-corrected chi connectivity index (χ0v) is 11.8. The van der Waals surface area contributed by atoms with Gasteiger partial charge in [-0.1, -0.05) is 13.0 Å². The molecule has 2 unspecified atom stereocenters. The minimum atomic E-state index is -3.87. The number of sulfonamides is 1. The fourth-order valence-corrected chi connectivity index (χ4v) is 3.71. The molecule has 2 atom stereocenters. The zero-order valence-electron chi connectivity index (χ0n) is 11.0. The number of benzene rings is 1. The average molecular weight is 287 g/mol. The van der Waals surface area contributed by atoms with E-state index in [1.165, 1.54) is 12.1 Å². The van der Waals surface area contributed by atoms with Gasteiger partial charge in [0.15, 0.2) is 0 Å². The highest BCUT2D eigenvalue weighted by Crippen LogP contribution is 2.25. The molecule has 106 valence electrons. The van der Waals surface area contributed by atoms with Crippen molar-refractivity contribution in [2.45, 2.75) is 31.3 Å². The van der Waals surface area contributed by atoms with Crippen LogP contribution in [0, 0.1) is 18.7 Å². The van der Waals surface area contributed by atoms with Crippen LogP contribution in [0.4, 0.5) is 4.39 Å². The number of hydrogen-bond donors (Lipinski definition) is 1. The number of β-amino-alcohol motifs (C(OH)–C–C–N with tert-alkyl or cyclic N) is 1. The van der Waals surface area contributed by atoms with Crippen LogP contribution in [0.2, 0.25) is 0 Å². The molecule has 4 nitrogen and oxygen atoms in total. The van der Waals surface area contributed by atoms with Gasteiger partial charge in [-0.25, -0.2) is 12.8 Å². The van der Waals surface area contributed by atoms with E-state index in [1.807, 2.05) is 6.92 Å². The van der Waals surface area contributed by atoms with Gasteiger partial charge in [0, 0.05) is 13.1 Å². The van der Waals surface area contributed by atoms with Crippen molar-refractivity contribution in [2.75, 3.05) is 13.1 Å². The Bertz CT molecular complexity index is 573. The average Bonchev–Trinajstić information content (AvgIpc) is 2.32. The Balaban J connectivity index is 2.32. The second-order valence-corrected chi connectivity index (χ2v) is 7.04. The molecule has 1 heterocycles. The molecule has 1 aliphatic heterocycles. The third-order valence-electron chi connectivity index (χ3n) is 3.59. The Kier molecular flexibility index (Phi) is 3.94. The molecule has 0 aromatic heterocycles. The SMILES string of the molecule is Cc1ccc(S(=O)(=O)N2CCC(C)C(O)C2)c(F)c1. The number of rotatable bonds is 2. The quantitative estimate of drug-likeness (QED) is 0.897. The first kappa shape index (κ1) is 14.4. The number of aliphatic hydroxyl groups excluding tert-OH is 1. The van der Waals surface area contributed by atoms with Crippen molar-refractivity contribution < 1.29 is 17.9 Å². The van der Waals surface area contributed by atoms with Crippen LogP contribution in [-0.4, -0.2) is 37.0 Å². The monoisotopic (exact) mass is 287 g/mol. The smallest absolute Gasteiger partial charge is 0.246 e. The molecule has 0 saturated carbocycles. The van der Waals surface area contributed by atoms with Crippen LogP contribution in [0.5, 0.6) is 0 Å². The minimum absolute atomic E-state index is 0.0246. The lowest BCUT2D eigenvalue weighted by molar-refractivity contribution is 0.0604. The van der Waals surface area contributed by atoms with E-state index in [4.69, 9.17) is 0 Å². The Labute approximate surface area is 112 Å². The van der Waals surface area contributed by atoms with Crippen molar-refractivity contribution in [3.8, 4) is 0 Å². The van der Waals surface area contributed by atoms with E-state index in [0.717, 1.165) is 4.31 Å². The van der Waals surface area contributed by atoms with Crippen LogP contribution >= 0.6 is 0 Å². The van der Waals surface area contributed by atoms with Gasteiger partial charge >= 0.3 is 0 Å². The van der Waals surface area contributed by atoms with Crippen LogP contribution in [-0.2, 0) is 10.0 Å². The molecular weight excluding hydrogens is 269 g/mol. The van der Waals surface area contributed by atoms with Crippen molar-refractivity contribution in [1.82, 2.24) is 4.31 Å². The predicted molar refractivity (Wildman–Crippen MR) is 69.7 cm³/mol. The van der Waals surface area contributed by atoms with E-state index >= 15 is 0 Å². The van der Waals surface area contributed by atoms with Crippen LogP contribution in [0.25, 0.3) is 0 Å². The van der Waals surface area contributed by atoms with Gasteiger partial charge in [0.05, 0.1) is 6.10 Å². The van der Waals surface area contributed by atoms with Gasteiger partial charge in [-0.3, -0.25) is 0 Å². The normalized spacial score (nSPS) is 25.5. The van der Waals surface area contributed by atoms with Gasteiger partial charge in [0.1, 0.15) is 10.7 Å². The number of hydrogen-bond acceptors (Lipinski definition) is 3. The Hall–Kier alpha value is -0.980. The summed E-state index contributed by atoms with van der Waals surface area (Å²) in [5.74, 6) is -0.678. The van der Waals surface area contributed by atoms with E-state index in [-0.39, 0.29) is 17.4 Å². The molecule has 1 fully saturated rings. The molecule has 1 N–H and O–H groups in total. The van der Waals surface area contributed by atoms with Gasteiger partial charge in [-0.15, -0.1) is 0 Å². The summed E-state index contributed by atoms with van der Waals surface area (Å²) in [6, 6.07) is 4.05. The number of nitrogens with zero attached hydrogens (tertiary/aromatic N) is 1. The topological polar surface area (TPSA) is 57.6 Å². The van der Waals surface area contributed by atoms with Crippen LogP contribution in [0.15, 0.2) is 23.1 Å². The third kappa shape index (κ3) is 2.80. The Morgan fingerprint density at radius 3 is 2.68 bits per heavy atom. The van der Waals surface area contributed by atoms with E-state index in [1.54, 1.807) is 13.0 Å². The molecule has 0 aliphatic carbocycles. The molecule has 1 aromatic rings. The van der Waals surface area contributed by atoms with Gasteiger partial charge < -0.3 is 5.11 Å². The minimum Gasteiger partial charge on any atom is -0.391 e. The Morgan fingerprint density at radius 1 is 1.42 bits per heavy atom. The summed E-state index contributed by atoms with van der Waals surface area (Å²) in [5, 5.41) is 9.77. The summed E-state index contributed by atoms with van der Waals surface area (Å²) < 4.78 is 39.7. The third-order valence-corrected chi connectivity index (χ3v) is 5.48. The predicted octanol–water partition coefficient (Wildman–Crippen LogP) is 1.53. The molecule has 1 saturated heterocycles. The molecule has 0 radical (unpaired) electrons. The van der Waals surface area contributed by atoms with Crippen molar-refractivity contribution in [3.63, 3.8) is 0 Å². The lowest BCUT2D eigenvalue weighted by Gasteiger charge is -2.33. The molecule has 0 spiro atoms. The van der Waals surface area contributed by atoms with E-state index in [2.05, 4.69) is 0 Å². The first-order valence-electron chi connectivity index (χ1n) is 6.26. The lowest BCUT2D eigenvalue weighted by Crippen LogP contribution is -2.45. The maximum atomic E-state index is 13.8. The van der Waals surface area contributed by atoms with Crippen molar-refractivity contribution >= 4 is 10.0 Å². The standard InChI is InChI=1S/C13H18FNO3S/c1-9-3-4-13(11(14)7-9)19(17,18)15-6-5-10(2)12(16)8-15/h3-4,7,10,12,16H,5-6,8H2,1-2H3. The second-order valence-electron chi connectivity index (χ2n) is 5.13. The highest BCUT2D eigenvalue weighted by Gasteiger charge is 2.34. The fraction of sp³-hybridized carbons (Fsp3) is 0.538. The fourth-order valence-electron chi connectivity index (χ4n) is 2.19. The van der Waals surface area contributed by atoms with Gasteiger partial charge in [-0.05, 0) is 37.0 Å². The summed E-state index contributed by atoms with van der Waals surface area (Å²) in [6.45, 7) is 3.91. The number of halogens is 1. The van der Waals surface area contributed by atoms with E-state index < -0.39 is 21.9 Å². The molecule has 0 bridgehead atoms. The summed E-state index contributed by atoms with van der Waals surface area (Å²) in [5.41, 5.74) is 0.670. The molecule has 0 amide bonds. The highest BCUT2D eigenvalue weighted by molar-refractivity contribution is 7.89. The first-order valence-corrected chi connectivity index (χ1v) is 7.70. The van der Waals surface area contributed by atoms with Crippen LogP contribution in [0.1, 0.15) is 18.9 Å². The second kappa shape index (κ2) is 5.19. The van der Waals surface area contributed by atoms with Gasteiger partial charge in [0.25, 0.3) is 0 Å². The van der Waals surface area contributed by atoms with Crippen molar-refractivity contribution in [3.05, 3.63) is 29.6 Å². The van der Waals surface area contributed by atoms with Crippen molar-refractivity contribution in [1.29, 1.82) is 0 Å². The molecule has 19 heavy (non-hydrogen) atoms. The maximum Gasteiger partial charge on any atom is 0.246 e. The number of aryl methyl sites for hydroxylation is 1. The van der Waals surface area contributed by atoms with Gasteiger partial charge in [-0.2, -0.15) is 4.31 Å². The van der Waals surface area contributed by atoms with Crippen molar-refractivity contribution in [2.24, 2.45) is 5.92 Å². The van der Waals surface area contributed by atoms with Crippen LogP contribution < -0.4 is 0 Å². The number of aliphatic hydroxyl groups is 1. The first-order chi connectivity index (χ1) is 8.82. The maximum absolute atomic E-state index is 13.8. The molecule has 2 rings (SSSR count).